The number of hydrogen-bond acceptors (Lipinski definition) is 5. The molecule has 1 saturated heterocycles. The Morgan fingerprint density at radius 3 is 2.53 bits per heavy atom. The van der Waals surface area contributed by atoms with Crippen molar-refractivity contribution in [2.24, 2.45) is 5.16 Å². The van der Waals surface area contributed by atoms with Gasteiger partial charge in [-0.2, -0.15) is 0 Å². The predicted octanol–water partition coefficient (Wildman–Crippen LogP) is 4.82. The fourth-order valence-electron chi connectivity index (χ4n) is 3.20. The van der Waals surface area contributed by atoms with Crippen molar-refractivity contribution in [2.75, 3.05) is 18.7 Å². The molecule has 0 bridgehead atoms. The van der Waals surface area contributed by atoms with Crippen LogP contribution in [0.15, 0.2) is 59.4 Å². The summed E-state index contributed by atoms with van der Waals surface area (Å²) in [5.74, 6) is 1.34. The second kappa shape index (κ2) is 10.1. The number of halogens is 2. The van der Waals surface area contributed by atoms with Gasteiger partial charge in [0.15, 0.2) is 12.5 Å². The lowest BCUT2D eigenvalue weighted by Gasteiger charge is -2.42. The molecule has 9 heteroatoms. The van der Waals surface area contributed by atoms with Gasteiger partial charge in [0.1, 0.15) is 18.1 Å². The average molecular weight is 476 g/mol. The highest BCUT2D eigenvalue weighted by molar-refractivity contribution is 6.35. The van der Waals surface area contributed by atoms with E-state index in [1.165, 1.54) is 4.90 Å². The quantitative estimate of drug-likeness (QED) is 0.479. The van der Waals surface area contributed by atoms with E-state index in [2.05, 4.69) is 16.3 Å². The van der Waals surface area contributed by atoms with Crippen LogP contribution < -0.4 is 5.32 Å². The number of nitrogens with zero attached hydrogens (tertiary/aromatic N) is 2. The molecule has 7 nitrogen and oxygen atoms in total. The molecule has 1 fully saturated rings. The summed E-state index contributed by atoms with van der Waals surface area (Å²) in [7, 11) is 0. The molecule has 0 aliphatic carbocycles. The molecule has 0 radical (unpaired) electrons. The zero-order chi connectivity index (χ0) is 23.3. The van der Waals surface area contributed by atoms with Gasteiger partial charge in [-0.1, -0.05) is 53.5 Å². The Balaban J connectivity index is 1.90. The fourth-order valence-corrected chi connectivity index (χ4v) is 3.72. The van der Waals surface area contributed by atoms with Gasteiger partial charge in [-0.15, -0.1) is 0 Å². The molecule has 1 N–H and O–H groups in total. The van der Waals surface area contributed by atoms with Crippen LogP contribution in [-0.4, -0.2) is 41.5 Å². The van der Waals surface area contributed by atoms with E-state index in [9.17, 15) is 9.59 Å². The number of anilines is 1. The molecule has 0 spiro atoms. The van der Waals surface area contributed by atoms with E-state index in [1.807, 2.05) is 18.2 Å². The lowest BCUT2D eigenvalue weighted by molar-refractivity contribution is -0.156. The first kappa shape index (κ1) is 23.7. The van der Waals surface area contributed by atoms with E-state index in [0.29, 0.717) is 27.9 Å². The lowest BCUT2D eigenvalue weighted by atomic mass is 9.91. The lowest BCUT2D eigenvalue weighted by Crippen LogP contribution is -2.59. The Morgan fingerprint density at radius 1 is 1.25 bits per heavy atom. The van der Waals surface area contributed by atoms with Crippen LogP contribution in [-0.2, 0) is 19.2 Å². The van der Waals surface area contributed by atoms with E-state index >= 15 is 0 Å². The van der Waals surface area contributed by atoms with Crippen LogP contribution in [0.3, 0.4) is 0 Å². The van der Waals surface area contributed by atoms with Crippen molar-refractivity contribution in [1.29, 1.82) is 0 Å². The minimum Gasteiger partial charge on any atom is -0.466 e. The maximum absolute atomic E-state index is 13.6. The number of carbonyl (C=O) groups excluding carboxylic acids is 2. The molecule has 3 rings (SSSR count). The summed E-state index contributed by atoms with van der Waals surface area (Å²) in [5, 5.41) is 7.27. The topological polar surface area (TPSA) is 80.2 Å². The Kier molecular flexibility index (Phi) is 7.46. The molecule has 1 unspecified atom stereocenters. The van der Waals surface area contributed by atoms with E-state index in [4.69, 9.17) is 32.8 Å². The van der Waals surface area contributed by atoms with Gasteiger partial charge in [-0.25, -0.2) is 0 Å². The van der Waals surface area contributed by atoms with Crippen LogP contribution in [0.2, 0.25) is 10.0 Å². The highest BCUT2D eigenvalue weighted by atomic mass is 35.5. The number of benzene rings is 2. The molecule has 2 amide bonds. The van der Waals surface area contributed by atoms with E-state index < -0.39 is 17.4 Å². The summed E-state index contributed by atoms with van der Waals surface area (Å²) < 4.78 is 5.81. The Labute approximate surface area is 196 Å². The van der Waals surface area contributed by atoms with Crippen LogP contribution >= 0.6 is 23.2 Å². The highest BCUT2D eigenvalue weighted by Gasteiger charge is 2.45. The van der Waals surface area contributed by atoms with Crippen molar-refractivity contribution in [1.82, 2.24) is 4.90 Å². The number of ether oxygens (including phenoxy) is 1. The van der Waals surface area contributed by atoms with Crippen LogP contribution in [0.25, 0.3) is 0 Å². The summed E-state index contributed by atoms with van der Waals surface area (Å²) in [4.78, 5) is 33.0. The molecule has 1 aliphatic heterocycles. The van der Waals surface area contributed by atoms with E-state index in [-0.39, 0.29) is 18.4 Å². The minimum absolute atomic E-state index is 0.150. The van der Waals surface area contributed by atoms with Gasteiger partial charge in [0, 0.05) is 15.7 Å². The Morgan fingerprint density at radius 2 is 1.91 bits per heavy atom. The number of rotatable bonds is 6. The number of amides is 2. The van der Waals surface area contributed by atoms with Crippen LogP contribution in [0.5, 0.6) is 0 Å². The van der Waals surface area contributed by atoms with Gasteiger partial charge >= 0.3 is 0 Å². The summed E-state index contributed by atoms with van der Waals surface area (Å²) in [6, 6.07) is 13.8. The molecule has 168 valence electrons. The van der Waals surface area contributed by atoms with Crippen molar-refractivity contribution < 1.29 is 19.2 Å². The third-order valence-electron chi connectivity index (χ3n) is 4.96. The number of hydrogen-bond donors (Lipinski definition) is 1. The first-order valence-electron chi connectivity index (χ1n) is 9.95. The van der Waals surface area contributed by atoms with Crippen molar-refractivity contribution in [3.05, 3.63) is 69.9 Å². The van der Waals surface area contributed by atoms with Gasteiger partial charge in [0.2, 0.25) is 11.8 Å². The second-order valence-corrected chi connectivity index (χ2v) is 8.41. The molecule has 2 aromatic rings. The third-order valence-corrected chi connectivity index (χ3v) is 5.39. The smallest absolute Gasteiger partial charge is 0.249 e. The molecule has 0 saturated carbocycles. The van der Waals surface area contributed by atoms with Crippen molar-refractivity contribution in [2.45, 2.75) is 32.2 Å². The predicted molar refractivity (Wildman–Crippen MR) is 124 cm³/mol. The molecule has 1 atom stereocenters. The molecule has 2 aromatic carbocycles. The normalized spacial score (nSPS) is 16.2. The minimum atomic E-state index is -1.25. The van der Waals surface area contributed by atoms with Crippen molar-refractivity contribution in [3.63, 3.8) is 0 Å². The van der Waals surface area contributed by atoms with Gasteiger partial charge < -0.3 is 14.9 Å². The monoisotopic (exact) mass is 475 g/mol. The maximum atomic E-state index is 13.6. The van der Waals surface area contributed by atoms with Crippen molar-refractivity contribution >= 4 is 46.6 Å². The van der Waals surface area contributed by atoms with E-state index in [0.717, 1.165) is 0 Å². The first-order chi connectivity index (χ1) is 15.2. The summed E-state index contributed by atoms with van der Waals surface area (Å²) in [6.07, 6.45) is 0. The summed E-state index contributed by atoms with van der Waals surface area (Å²) in [5.41, 5.74) is -0.133. The second-order valence-electron chi connectivity index (χ2n) is 7.54. The molecule has 1 aliphatic rings. The highest BCUT2D eigenvalue weighted by Crippen LogP contribution is 2.34. The zero-order valence-electron chi connectivity index (χ0n) is 17.9. The Hall–Kier alpha value is -2.99. The maximum Gasteiger partial charge on any atom is 0.249 e. The first-order valence-corrected chi connectivity index (χ1v) is 10.7. The van der Waals surface area contributed by atoms with Crippen LogP contribution in [0.4, 0.5) is 5.69 Å². The summed E-state index contributed by atoms with van der Waals surface area (Å²) in [6.45, 7) is 5.27. The van der Waals surface area contributed by atoms with Crippen LogP contribution in [0.1, 0.15) is 32.3 Å². The summed E-state index contributed by atoms with van der Waals surface area (Å²) >= 11 is 12.1. The fraction of sp³-hybridized carbons (Fsp3) is 0.304. The van der Waals surface area contributed by atoms with Crippen molar-refractivity contribution in [3.8, 4) is 0 Å². The molecular weight excluding hydrogens is 453 g/mol. The van der Waals surface area contributed by atoms with E-state index in [1.54, 1.807) is 51.1 Å². The van der Waals surface area contributed by atoms with Crippen LogP contribution in [0, 0.1) is 0 Å². The number of carbonyl (C=O) groups is 2. The molecule has 32 heavy (non-hydrogen) atoms. The molecule has 0 aromatic heterocycles. The Bertz CT molecular complexity index is 1050. The number of nitrogens with one attached hydrogen (secondary N) is 1. The molecular formula is C23H23Cl2N3O4. The van der Waals surface area contributed by atoms with Gasteiger partial charge in [0.25, 0.3) is 0 Å². The van der Waals surface area contributed by atoms with Gasteiger partial charge in [-0.05, 0) is 49.7 Å². The van der Waals surface area contributed by atoms with Gasteiger partial charge in [0.05, 0.1) is 5.87 Å². The zero-order valence-corrected chi connectivity index (χ0v) is 19.4. The third kappa shape index (κ3) is 5.25. The SMILES string of the molecule is CCON=C=C1OCN(C(C)(C)C(=O)Nc2cc(Cl)cc(Cl)c2)C(=O)C1c1ccccc1. The standard InChI is InChI=1S/C23H23Cl2N3O4/c1-4-32-26-13-19-20(15-8-6-5-7-9-15)21(29)28(14-31-19)23(2,3)22(30)27-18-11-16(24)10-17(25)12-18/h5-12,20H,4,14H2,1-3H3,(H,27,30). The average Bonchev–Trinajstić information content (AvgIpc) is 2.73. The molecule has 1 heterocycles. The largest absolute Gasteiger partial charge is 0.466 e. The van der Waals surface area contributed by atoms with Gasteiger partial charge in [-0.3, -0.25) is 14.5 Å².